The van der Waals surface area contributed by atoms with Crippen molar-refractivity contribution in [1.29, 1.82) is 0 Å². The van der Waals surface area contributed by atoms with Gasteiger partial charge >= 0.3 is 0 Å². The lowest BCUT2D eigenvalue weighted by atomic mass is 10.1. The number of thiazole rings is 1. The second-order valence-electron chi connectivity index (χ2n) is 6.40. The van der Waals surface area contributed by atoms with Gasteiger partial charge < -0.3 is 5.32 Å². The van der Waals surface area contributed by atoms with Gasteiger partial charge in [0.2, 0.25) is 0 Å². The molecule has 3 rings (SSSR count). The molecule has 1 amide bonds. The van der Waals surface area contributed by atoms with E-state index < -0.39 is 0 Å². The molecule has 3 nitrogen and oxygen atoms in total. The molecule has 2 aromatic carbocycles. The van der Waals surface area contributed by atoms with Crippen LogP contribution < -0.4 is 5.32 Å². The fourth-order valence-electron chi connectivity index (χ4n) is 2.84. The summed E-state index contributed by atoms with van der Waals surface area (Å²) in [7, 11) is 0. The normalized spacial score (nSPS) is 10.7. The molecule has 4 heteroatoms. The van der Waals surface area contributed by atoms with E-state index >= 15 is 0 Å². The number of benzene rings is 2. The molecule has 0 radical (unpaired) electrons. The zero-order valence-electron chi connectivity index (χ0n) is 14.8. The van der Waals surface area contributed by atoms with Gasteiger partial charge in [0.05, 0.1) is 5.69 Å². The number of nitrogens with zero attached hydrogens (tertiary/aromatic N) is 1. The number of nitrogens with one attached hydrogen (secondary N) is 1. The first-order valence-corrected chi connectivity index (χ1v) is 9.27. The van der Waals surface area contributed by atoms with Gasteiger partial charge in [-0.3, -0.25) is 4.79 Å². The number of aryl methyl sites for hydroxylation is 3. The fourth-order valence-corrected chi connectivity index (χ4v) is 3.70. The smallest absolute Gasteiger partial charge is 0.251 e. The first kappa shape index (κ1) is 17.4. The summed E-state index contributed by atoms with van der Waals surface area (Å²) in [4.78, 5) is 17.0. The maximum atomic E-state index is 12.3. The number of carbonyl (C=O) groups is 1. The van der Waals surface area contributed by atoms with Crippen LogP contribution in [0.4, 0.5) is 0 Å². The van der Waals surface area contributed by atoms with Crippen molar-refractivity contribution >= 4 is 17.2 Å². The molecule has 0 saturated carbocycles. The summed E-state index contributed by atoms with van der Waals surface area (Å²) in [6, 6.07) is 14.3. The minimum atomic E-state index is -0.0269. The van der Waals surface area contributed by atoms with Gasteiger partial charge in [0.25, 0.3) is 5.91 Å². The Morgan fingerprint density at radius 1 is 1.04 bits per heavy atom. The molecule has 1 aromatic heterocycles. The molecular weight excluding hydrogens is 328 g/mol. The van der Waals surface area contributed by atoms with Gasteiger partial charge in [-0.25, -0.2) is 4.98 Å². The third kappa shape index (κ3) is 4.54. The molecule has 128 valence electrons. The molecule has 0 aliphatic rings. The van der Waals surface area contributed by atoms with Crippen LogP contribution in [0, 0.1) is 20.8 Å². The first-order chi connectivity index (χ1) is 12.0. The molecule has 0 aliphatic carbocycles. The Balaban J connectivity index is 1.58. The maximum Gasteiger partial charge on any atom is 0.251 e. The van der Waals surface area contributed by atoms with Crippen LogP contribution in [-0.2, 0) is 6.42 Å². The van der Waals surface area contributed by atoms with Crippen LogP contribution in [-0.4, -0.2) is 17.4 Å². The zero-order valence-corrected chi connectivity index (χ0v) is 15.6. The third-order valence-electron chi connectivity index (χ3n) is 3.97. The molecule has 1 heterocycles. The first-order valence-electron chi connectivity index (χ1n) is 8.39. The SMILES string of the molecule is Cc1cc(C)cc(C(=O)NCCc2csc(-c3cccc(C)c3)n2)c1. The topological polar surface area (TPSA) is 42.0 Å². The van der Waals surface area contributed by atoms with Gasteiger partial charge in [-0.2, -0.15) is 0 Å². The number of amides is 1. The van der Waals surface area contributed by atoms with Crippen molar-refractivity contribution in [3.8, 4) is 10.6 Å². The van der Waals surface area contributed by atoms with Crippen LogP contribution in [0.1, 0.15) is 32.7 Å². The van der Waals surface area contributed by atoms with E-state index in [4.69, 9.17) is 0 Å². The average Bonchev–Trinajstić information content (AvgIpc) is 3.03. The molecule has 1 N–H and O–H groups in total. The zero-order chi connectivity index (χ0) is 17.8. The van der Waals surface area contributed by atoms with Gasteiger partial charge in [-0.05, 0) is 39.0 Å². The van der Waals surface area contributed by atoms with E-state index in [1.807, 2.05) is 26.0 Å². The van der Waals surface area contributed by atoms with Crippen LogP contribution in [0.3, 0.4) is 0 Å². The van der Waals surface area contributed by atoms with Crippen LogP contribution in [0.2, 0.25) is 0 Å². The number of carbonyl (C=O) groups excluding carboxylic acids is 1. The number of aromatic nitrogens is 1. The summed E-state index contributed by atoms with van der Waals surface area (Å²) in [5.74, 6) is -0.0269. The fraction of sp³-hybridized carbons (Fsp3) is 0.238. The second kappa shape index (κ2) is 7.62. The lowest BCUT2D eigenvalue weighted by Gasteiger charge is -2.06. The van der Waals surface area contributed by atoms with Crippen molar-refractivity contribution in [3.05, 3.63) is 75.8 Å². The standard InChI is InChI=1S/C21H22N2OS/c1-14-5-4-6-17(10-14)21-23-19(13-25-21)7-8-22-20(24)18-11-15(2)9-16(3)12-18/h4-6,9-13H,7-8H2,1-3H3,(H,22,24). The van der Waals surface area contributed by atoms with Crippen molar-refractivity contribution in [3.63, 3.8) is 0 Å². The van der Waals surface area contributed by atoms with Gasteiger partial charge in [0.15, 0.2) is 0 Å². The maximum absolute atomic E-state index is 12.3. The van der Waals surface area contributed by atoms with Crippen LogP contribution in [0.25, 0.3) is 10.6 Å². The van der Waals surface area contributed by atoms with Crippen LogP contribution in [0.15, 0.2) is 47.8 Å². The Bertz CT molecular complexity index is 878. The number of hydrogen-bond donors (Lipinski definition) is 1. The molecule has 0 aliphatic heterocycles. The highest BCUT2D eigenvalue weighted by Crippen LogP contribution is 2.24. The van der Waals surface area contributed by atoms with E-state index in [9.17, 15) is 4.79 Å². The summed E-state index contributed by atoms with van der Waals surface area (Å²) >= 11 is 1.65. The molecule has 25 heavy (non-hydrogen) atoms. The second-order valence-corrected chi connectivity index (χ2v) is 7.25. The summed E-state index contributed by atoms with van der Waals surface area (Å²) in [5, 5.41) is 6.08. The minimum Gasteiger partial charge on any atom is -0.352 e. The molecule has 0 fully saturated rings. The molecule has 0 unspecified atom stereocenters. The monoisotopic (exact) mass is 350 g/mol. The van der Waals surface area contributed by atoms with E-state index in [1.54, 1.807) is 11.3 Å². The van der Waals surface area contributed by atoms with Crippen molar-refractivity contribution in [2.75, 3.05) is 6.54 Å². The summed E-state index contributed by atoms with van der Waals surface area (Å²) in [5.41, 5.74) is 6.32. The highest BCUT2D eigenvalue weighted by molar-refractivity contribution is 7.13. The van der Waals surface area contributed by atoms with Crippen molar-refractivity contribution in [2.24, 2.45) is 0 Å². The summed E-state index contributed by atoms with van der Waals surface area (Å²) in [6.07, 6.45) is 0.735. The summed E-state index contributed by atoms with van der Waals surface area (Å²) in [6.45, 7) is 6.68. The van der Waals surface area contributed by atoms with Crippen LogP contribution in [0.5, 0.6) is 0 Å². The molecule has 0 bridgehead atoms. The molecular formula is C21H22N2OS. The molecule has 3 aromatic rings. The Labute approximate surface area is 152 Å². The highest BCUT2D eigenvalue weighted by Gasteiger charge is 2.08. The largest absolute Gasteiger partial charge is 0.352 e. The molecule has 0 atom stereocenters. The highest BCUT2D eigenvalue weighted by atomic mass is 32.1. The van der Waals surface area contributed by atoms with E-state index in [-0.39, 0.29) is 5.91 Å². The summed E-state index contributed by atoms with van der Waals surface area (Å²) < 4.78 is 0. The van der Waals surface area contributed by atoms with Crippen molar-refractivity contribution in [1.82, 2.24) is 10.3 Å². The van der Waals surface area contributed by atoms with Crippen LogP contribution >= 0.6 is 11.3 Å². The van der Waals surface area contributed by atoms with E-state index in [0.29, 0.717) is 6.54 Å². The predicted octanol–water partition coefficient (Wildman–Crippen LogP) is 4.71. The van der Waals surface area contributed by atoms with Crippen molar-refractivity contribution in [2.45, 2.75) is 27.2 Å². The predicted molar refractivity (Wildman–Crippen MR) is 104 cm³/mol. The van der Waals surface area contributed by atoms with Gasteiger partial charge in [-0.1, -0.05) is 41.0 Å². The van der Waals surface area contributed by atoms with Crippen molar-refractivity contribution < 1.29 is 4.79 Å². The Morgan fingerprint density at radius 2 is 1.80 bits per heavy atom. The van der Waals surface area contributed by atoms with Gasteiger partial charge in [-0.15, -0.1) is 11.3 Å². The van der Waals surface area contributed by atoms with E-state index in [0.717, 1.165) is 39.4 Å². The number of hydrogen-bond acceptors (Lipinski definition) is 3. The Hall–Kier alpha value is -2.46. The lowest BCUT2D eigenvalue weighted by molar-refractivity contribution is 0.0954. The average molecular weight is 350 g/mol. The molecule has 0 spiro atoms. The lowest BCUT2D eigenvalue weighted by Crippen LogP contribution is -2.25. The quantitative estimate of drug-likeness (QED) is 0.724. The molecule has 0 saturated heterocycles. The van der Waals surface area contributed by atoms with Gasteiger partial charge in [0.1, 0.15) is 5.01 Å². The minimum absolute atomic E-state index is 0.0269. The van der Waals surface area contributed by atoms with E-state index in [1.165, 1.54) is 5.56 Å². The third-order valence-corrected chi connectivity index (χ3v) is 4.91. The Morgan fingerprint density at radius 3 is 2.52 bits per heavy atom. The Kier molecular flexibility index (Phi) is 5.29. The van der Waals surface area contributed by atoms with E-state index in [2.05, 4.69) is 52.9 Å². The van der Waals surface area contributed by atoms with Gasteiger partial charge in [0, 0.05) is 29.5 Å². The number of rotatable bonds is 5.